The lowest BCUT2D eigenvalue weighted by atomic mass is 10.2. The van der Waals surface area contributed by atoms with E-state index in [1.807, 2.05) is 6.07 Å². The van der Waals surface area contributed by atoms with Crippen LogP contribution in [0.4, 0.5) is 16.0 Å². The van der Waals surface area contributed by atoms with Crippen LogP contribution in [0.2, 0.25) is 0 Å². The van der Waals surface area contributed by atoms with Crippen LogP contribution in [0, 0.1) is 17.1 Å². The first kappa shape index (κ1) is 21.2. The van der Waals surface area contributed by atoms with E-state index >= 15 is 0 Å². The summed E-state index contributed by atoms with van der Waals surface area (Å²) in [7, 11) is -3.60. The van der Waals surface area contributed by atoms with E-state index in [0.717, 1.165) is 6.26 Å². The number of nitrogens with zero attached hydrogens (tertiary/aromatic N) is 5. The minimum atomic E-state index is -3.60. The molecule has 0 saturated carbocycles. The second kappa shape index (κ2) is 7.90. The van der Waals surface area contributed by atoms with Gasteiger partial charge in [0.2, 0.25) is 0 Å². The Hall–Kier alpha value is -4.04. The van der Waals surface area contributed by atoms with Gasteiger partial charge in [0.25, 0.3) is 0 Å². The standard InChI is InChI=1S/C21H18FN7O2S/c1-12(27-20-14(10-23)19(24)25-11-26-20)21-28-15-8-7-13(22)9-17(15)29(21)16-5-3-4-6-18(16)32(2,30)31/h3-9,11-12H,1-2H3,(H3,24,25,26,27). The minimum absolute atomic E-state index is 0.0233. The van der Waals surface area contributed by atoms with Crippen molar-refractivity contribution in [1.82, 2.24) is 19.5 Å². The molecule has 0 bridgehead atoms. The number of nitrogen functional groups attached to an aromatic ring is 1. The monoisotopic (exact) mass is 451 g/mol. The van der Waals surface area contributed by atoms with Crippen molar-refractivity contribution in [3.8, 4) is 11.8 Å². The molecule has 0 aliphatic heterocycles. The highest BCUT2D eigenvalue weighted by molar-refractivity contribution is 7.90. The number of benzene rings is 2. The lowest BCUT2D eigenvalue weighted by molar-refractivity contribution is 0.601. The summed E-state index contributed by atoms with van der Waals surface area (Å²) in [5.74, 6) is 0.129. The van der Waals surface area contributed by atoms with E-state index in [1.54, 1.807) is 29.7 Å². The molecule has 0 amide bonds. The lowest BCUT2D eigenvalue weighted by Gasteiger charge is -2.19. The molecule has 11 heteroatoms. The Balaban J connectivity index is 1.95. The summed E-state index contributed by atoms with van der Waals surface area (Å²) >= 11 is 0. The number of nitrogens with two attached hydrogens (primary N) is 1. The minimum Gasteiger partial charge on any atom is -0.382 e. The Labute approximate surface area is 183 Å². The van der Waals surface area contributed by atoms with Crippen molar-refractivity contribution < 1.29 is 12.8 Å². The normalized spacial score (nSPS) is 12.4. The third-order valence-corrected chi connectivity index (χ3v) is 6.02. The Bertz CT molecular complexity index is 1490. The Morgan fingerprint density at radius 2 is 1.97 bits per heavy atom. The largest absolute Gasteiger partial charge is 0.382 e. The zero-order chi connectivity index (χ0) is 23.0. The summed E-state index contributed by atoms with van der Waals surface area (Å²) in [6.07, 6.45) is 2.33. The van der Waals surface area contributed by atoms with Crippen molar-refractivity contribution in [2.24, 2.45) is 0 Å². The van der Waals surface area contributed by atoms with Crippen LogP contribution in [0.25, 0.3) is 16.7 Å². The second-order valence-corrected chi connectivity index (χ2v) is 9.12. The van der Waals surface area contributed by atoms with Gasteiger partial charge in [0.1, 0.15) is 41.2 Å². The summed E-state index contributed by atoms with van der Waals surface area (Å²) in [6.45, 7) is 1.76. The maximum absolute atomic E-state index is 14.1. The number of rotatable bonds is 5. The fourth-order valence-electron chi connectivity index (χ4n) is 3.45. The van der Waals surface area contributed by atoms with Crippen molar-refractivity contribution in [3.63, 3.8) is 0 Å². The molecule has 4 aromatic rings. The third kappa shape index (κ3) is 3.72. The summed E-state index contributed by atoms with van der Waals surface area (Å²) < 4.78 is 40.6. The molecule has 0 aliphatic carbocycles. The van der Waals surface area contributed by atoms with Gasteiger partial charge in [0, 0.05) is 12.3 Å². The number of para-hydroxylation sites is 1. The van der Waals surface area contributed by atoms with Gasteiger partial charge in [-0.3, -0.25) is 4.57 Å². The van der Waals surface area contributed by atoms with Gasteiger partial charge in [0.05, 0.1) is 27.7 Å². The summed E-state index contributed by atoms with van der Waals surface area (Å²) in [4.78, 5) is 12.6. The number of sulfone groups is 1. The van der Waals surface area contributed by atoms with Crippen molar-refractivity contribution in [1.29, 1.82) is 5.26 Å². The zero-order valence-electron chi connectivity index (χ0n) is 17.1. The Kier molecular flexibility index (Phi) is 5.23. The van der Waals surface area contributed by atoms with Crippen molar-refractivity contribution >= 4 is 32.5 Å². The van der Waals surface area contributed by atoms with Crippen molar-refractivity contribution in [3.05, 3.63) is 66.0 Å². The number of imidazole rings is 1. The number of hydrogen-bond acceptors (Lipinski definition) is 8. The first-order valence-electron chi connectivity index (χ1n) is 9.45. The van der Waals surface area contributed by atoms with Gasteiger partial charge < -0.3 is 11.1 Å². The molecule has 9 nitrogen and oxygen atoms in total. The number of halogens is 1. The van der Waals surface area contributed by atoms with Gasteiger partial charge in [-0.05, 0) is 31.2 Å². The highest BCUT2D eigenvalue weighted by Gasteiger charge is 2.24. The molecule has 0 fully saturated rings. The first-order chi connectivity index (χ1) is 15.2. The topological polar surface area (TPSA) is 140 Å². The summed E-state index contributed by atoms with van der Waals surface area (Å²) in [5.41, 5.74) is 7.04. The van der Waals surface area contributed by atoms with Gasteiger partial charge in [-0.2, -0.15) is 5.26 Å². The van der Waals surface area contributed by atoms with Crippen LogP contribution in [0.5, 0.6) is 0 Å². The predicted molar refractivity (Wildman–Crippen MR) is 117 cm³/mol. The molecule has 4 rings (SSSR count). The molecule has 0 aliphatic rings. The van der Waals surface area contributed by atoms with E-state index in [-0.39, 0.29) is 22.1 Å². The lowest BCUT2D eigenvalue weighted by Crippen LogP contribution is -2.16. The van der Waals surface area contributed by atoms with E-state index in [4.69, 9.17) is 5.73 Å². The quantitative estimate of drug-likeness (QED) is 0.472. The molecular formula is C21H18FN7O2S. The van der Waals surface area contributed by atoms with Crippen LogP contribution in [0.3, 0.4) is 0 Å². The highest BCUT2D eigenvalue weighted by atomic mass is 32.2. The fraction of sp³-hybridized carbons (Fsp3) is 0.143. The van der Waals surface area contributed by atoms with Crippen LogP contribution in [-0.2, 0) is 9.84 Å². The first-order valence-corrected chi connectivity index (χ1v) is 11.3. The molecule has 2 heterocycles. The molecule has 32 heavy (non-hydrogen) atoms. The number of hydrogen-bond donors (Lipinski definition) is 2. The van der Waals surface area contributed by atoms with Crippen LogP contribution < -0.4 is 11.1 Å². The third-order valence-electron chi connectivity index (χ3n) is 4.88. The number of anilines is 2. The fourth-order valence-corrected chi connectivity index (χ4v) is 4.32. The van der Waals surface area contributed by atoms with Gasteiger partial charge in [-0.1, -0.05) is 12.1 Å². The van der Waals surface area contributed by atoms with Crippen LogP contribution in [0.15, 0.2) is 53.7 Å². The average molecular weight is 451 g/mol. The predicted octanol–water partition coefficient (Wildman–Crippen LogP) is 2.99. The molecule has 1 atom stereocenters. The van der Waals surface area contributed by atoms with Crippen LogP contribution in [-0.4, -0.2) is 34.2 Å². The van der Waals surface area contributed by atoms with Crippen LogP contribution >= 0.6 is 0 Å². The molecule has 0 radical (unpaired) electrons. The molecule has 1 unspecified atom stereocenters. The maximum Gasteiger partial charge on any atom is 0.177 e. The van der Waals surface area contributed by atoms with E-state index in [2.05, 4.69) is 20.3 Å². The average Bonchev–Trinajstić information content (AvgIpc) is 3.12. The Morgan fingerprint density at radius 1 is 1.22 bits per heavy atom. The SMILES string of the molecule is CC(Nc1ncnc(N)c1C#N)c1nc2ccc(F)cc2n1-c1ccccc1S(C)(=O)=O. The smallest absolute Gasteiger partial charge is 0.177 e. The van der Waals surface area contributed by atoms with E-state index in [1.165, 1.54) is 30.6 Å². The maximum atomic E-state index is 14.1. The highest BCUT2D eigenvalue weighted by Crippen LogP contribution is 2.31. The summed E-state index contributed by atoms with van der Waals surface area (Å²) in [5, 5.41) is 12.5. The van der Waals surface area contributed by atoms with E-state index in [9.17, 15) is 18.1 Å². The second-order valence-electron chi connectivity index (χ2n) is 7.14. The number of aromatic nitrogens is 4. The molecule has 3 N–H and O–H groups in total. The molecular weight excluding hydrogens is 433 g/mol. The number of nitriles is 1. The molecule has 2 aromatic heterocycles. The Morgan fingerprint density at radius 3 is 2.69 bits per heavy atom. The van der Waals surface area contributed by atoms with E-state index in [0.29, 0.717) is 22.5 Å². The molecule has 2 aromatic carbocycles. The zero-order valence-corrected chi connectivity index (χ0v) is 17.9. The van der Waals surface area contributed by atoms with Crippen LogP contribution in [0.1, 0.15) is 24.4 Å². The molecule has 0 saturated heterocycles. The van der Waals surface area contributed by atoms with Crippen molar-refractivity contribution in [2.45, 2.75) is 17.9 Å². The van der Waals surface area contributed by atoms with Gasteiger partial charge in [-0.25, -0.2) is 27.8 Å². The molecule has 162 valence electrons. The van der Waals surface area contributed by atoms with Gasteiger partial charge >= 0.3 is 0 Å². The number of fused-ring (bicyclic) bond motifs is 1. The molecule has 0 spiro atoms. The van der Waals surface area contributed by atoms with Crippen molar-refractivity contribution in [2.75, 3.05) is 17.3 Å². The summed E-state index contributed by atoms with van der Waals surface area (Å²) in [6, 6.07) is 11.9. The van der Waals surface area contributed by atoms with E-state index < -0.39 is 21.7 Å². The van der Waals surface area contributed by atoms with Gasteiger partial charge in [0.15, 0.2) is 9.84 Å². The number of nitrogens with one attached hydrogen (secondary N) is 1. The van der Waals surface area contributed by atoms with Gasteiger partial charge in [-0.15, -0.1) is 0 Å².